The van der Waals surface area contributed by atoms with Crippen LogP contribution in [0, 0.1) is 13.8 Å². The minimum absolute atomic E-state index is 0.0669. The Bertz CT molecular complexity index is 1240. The molecular weight excluding hydrogens is 545 g/mol. The first-order valence-corrected chi connectivity index (χ1v) is 15.2. The monoisotopic (exact) mass is 583 g/mol. The summed E-state index contributed by atoms with van der Waals surface area (Å²) in [6.07, 6.45) is 1.92. The minimum atomic E-state index is -3.56. The van der Waals surface area contributed by atoms with Crippen LogP contribution in [0.4, 0.5) is 5.69 Å². The number of hydrogen-bond acceptors (Lipinski definition) is 4. The van der Waals surface area contributed by atoms with Gasteiger partial charge in [0, 0.05) is 25.0 Å². The molecule has 7 nitrogen and oxygen atoms in total. The summed E-state index contributed by atoms with van der Waals surface area (Å²) in [5.74, 6) is -0.498. The van der Waals surface area contributed by atoms with E-state index in [2.05, 4.69) is 5.32 Å². The zero-order chi connectivity index (χ0) is 28.8. The van der Waals surface area contributed by atoms with E-state index in [9.17, 15) is 18.0 Å². The van der Waals surface area contributed by atoms with Crippen molar-refractivity contribution in [1.82, 2.24) is 10.2 Å². The Hall–Kier alpha value is -2.29. The Labute approximate surface area is 237 Å². The molecular formula is C28H39Cl2N3O4S. The van der Waals surface area contributed by atoms with Crippen molar-refractivity contribution in [2.24, 2.45) is 0 Å². The standard InChI is InChI=1S/C28H39Cl2N3O4S/c1-8-25(27(35)31-28(4,5)6)32(18-21-11-12-23(29)24(30)17-21)26(34)10-9-13-33(38(7,36)37)22-15-19(2)14-20(3)16-22/h11-12,14-17,25H,8-10,13,18H2,1-7H3,(H,31,35)/t25-/m0/s1. The summed E-state index contributed by atoms with van der Waals surface area (Å²) >= 11 is 12.3. The first-order chi connectivity index (χ1) is 17.5. The van der Waals surface area contributed by atoms with Crippen LogP contribution < -0.4 is 9.62 Å². The molecule has 38 heavy (non-hydrogen) atoms. The van der Waals surface area contributed by atoms with Crippen LogP contribution in [-0.2, 0) is 26.2 Å². The maximum atomic E-state index is 13.6. The van der Waals surface area contributed by atoms with Crippen molar-refractivity contribution < 1.29 is 18.0 Å². The third-order valence-electron chi connectivity index (χ3n) is 5.87. The lowest BCUT2D eigenvalue weighted by Gasteiger charge is -2.33. The number of benzene rings is 2. The van der Waals surface area contributed by atoms with E-state index in [0.29, 0.717) is 22.2 Å². The lowest BCUT2D eigenvalue weighted by molar-refractivity contribution is -0.142. The molecule has 0 aliphatic heterocycles. The minimum Gasteiger partial charge on any atom is -0.350 e. The summed E-state index contributed by atoms with van der Waals surface area (Å²) < 4.78 is 26.5. The average molecular weight is 585 g/mol. The third-order valence-corrected chi connectivity index (χ3v) is 7.80. The molecule has 0 unspecified atom stereocenters. The number of anilines is 1. The molecule has 0 aliphatic rings. The number of rotatable bonds is 11. The fourth-order valence-corrected chi connectivity index (χ4v) is 5.58. The van der Waals surface area contributed by atoms with E-state index in [1.165, 1.54) is 4.31 Å². The Balaban J connectivity index is 2.29. The van der Waals surface area contributed by atoms with Gasteiger partial charge in [0.2, 0.25) is 21.8 Å². The SMILES string of the molecule is CC[C@@H](C(=O)NC(C)(C)C)N(Cc1ccc(Cl)c(Cl)c1)C(=O)CCCN(c1cc(C)cc(C)c1)S(C)(=O)=O. The zero-order valence-corrected chi connectivity index (χ0v) is 25.6. The molecule has 0 fully saturated rings. The van der Waals surface area contributed by atoms with Crippen molar-refractivity contribution in [3.8, 4) is 0 Å². The Morgan fingerprint density at radius 3 is 2.11 bits per heavy atom. The lowest BCUT2D eigenvalue weighted by atomic mass is 10.0. The summed E-state index contributed by atoms with van der Waals surface area (Å²) in [6, 6.07) is 10.0. The molecule has 10 heteroatoms. The van der Waals surface area contributed by atoms with E-state index in [4.69, 9.17) is 23.2 Å². The molecule has 0 saturated heterocycles. The van der Waals surface area contributed by atoms with Gasteiger partial charge in [-0.1, -0.05) is 42.3 Å². The van der Waals surface area contributed by atoms with Crippen LogP contribution >= 0.6 is 23.2 Å². The summed E-state index contributed by atoms with van der Waals surface area (Å²) in [5, 5.41) is 3.73. The highest BCUT2D eigenvalue weighted by Crippen LogP contribution is 2.25. The van der Waals surface area contributed by atoms with Crippen LogP contribution in [0.25, 0.3) is 0 Å². The van der Waals surface area contributed by atoms with Crippen LogP contribution in [0.2, 0.25) is 10.0 Å². The molecule has 0 bridgehead atoms. The number of halogens is 2. The molecule has 0 aliphatic carbocycles. The highest BCUT2D eigenvalue weighted by molar-refractivity contribution is 7.92. The van der Waals surface area contributed by atoms with E-state index < -0.39 is 21.6 Å². The number of nitrogens with zero attached hydrogens (tertiary/aromatic N) is 2. The molecule has 0 radical (unpaired) electrons. The molecule has 0 spiro atoms. The van der Waals surface area contributed by atoms with Gasteiger partial charge < -0.3 is 10.2 Å². The van der Waals surface area contributed by atoms with Gasteiger partial charge in [0.1, 0.15) is 6.04 Å². The Kier molecular flexibility index (Phi) is 11.1. The normalized spacial score (nSPS) is 12.7. The molecule has 2 rings (SSSR count). The van der Waals surface area contributed by atoms with Gasteiger partial charge in [-0.25, -0.2) is 8.42 Å². The predicted molar refractivity (Wildman–Crippen MR) is 156 cm³/mol. The van der Waals surface area contributed by atoms with Crippen molar-refractivity contribution in [2.75, 3.05) is 17.1 Å². The van der Waals surface area contributed by atoms with Crippen molar-refractivity contribution in [1.29, 1.82) is 0 Å². The first-order valence-electron chi connectivity index (χ1n) is 12.6. The maximum Gasteiger partial charge on any atom is 0.243 e. The van der Waals surface area contributed by atoms with Crippen LogP contribution in [0.15, 0.2) is 36.4 Å². The highest BCUT2D eigenvalue weighted by Gasteiger charge is 2.31. The molecule has 1 N–H and O–H groups in total. The van der Waals surface area contributed by atoms with Crippen molar-refractivity contribution in [3.05, 3.63) is 63.1 Å². The van der Waals surface area contributed by atoms with Gasteiger partial charge in [0.05, 0.1) is 22.0 Å². The number of nitrogens with one attached hydrogen (secondary N) is 1. The van der Waals surface area contributed by atoms with Gasteiger partial charge >= 0.3 is 0 Å². The van der Waals surface area contributed by atoms with Gasteiger partial charge in [0.15, 0.2) is 0 Å². The number of carbonyl (C=O) groups excluding carboxylic acids is 2. The van der Waals surface area contributed by atoms with Crippen LogP contribution in [-0.4, -0.2) is 49.5 Å². The Morgan fingerprint density at radius 2 is 1.61 bits per heavy atom. The largest absolute Gasteiger partial charge is 0.350 e. The van der Waals surface area contributed by atoms with Gasteiger partial charge in [-0.2, -0.15) is 0 Å². The zero-order valence-electron chi connectivity index (χ0n) is 23.3. The second kappa shape index (κ2) is 13.2. The van der Waals surface area contributed by atoms with Crippen molar-refractivity contribution >= 4 is 50.7 Å². The second-order valence-corrected chi connectivity index (χ2v) is 13.4. The van der Waals surface area contributed by atoms with E-state index in [-0.39, 0.29) is 37.7 Å². The van der Waals surface area contributed by atoms with E-state index >= 15 is 0 Å². The molecule has 0 heterocycles. The molecule has 0 saturated carbocycles. The number of hydrogen-bond donors (Lipinski definition) is 1. The second-order valence-electron chi connectivity index (χ2n) is 10.7. The maximum absolute atomic E-state index is 13.6. The van der Waals surface area contributed by atoms with Gasteiger partial charge in [-0.3, -0.25) is 13.9 Å². The molecule has 2 aromatic carbocycles. The number of sulfonamides is 1. The fraction of sp³-hybridized carbons (Fsp3) is 0.500. The molecule has 2 aromatic rings. The molecule has 1 atom stereocenters. The fourth-order valence-electron chi connectivity index (χ4n) is 4.31. The van der Waals surface area contributed by atoms with Crippen molar-refractivity contribution in [2.45, 2.75) is 78.9 Å². The summed E-state index contributed by atoms with van der Waals surface area (Å²) in [7, 11) is -3.56. The van der Waals surface area contributed by atoms with E-state index in [0.717, 1.165) is 22.9 Å². The quantitative estimate of drug-likeness (QED) is 0.358. The van der Waals surface area contributed by atoms with Crippen LogP contribution in [0.1, 0.15) is 63.6 Å². The lowest BCUT2D eigenvalue weighted by Crippen LogP contribution is -2.53. The summed E-state index contributed by atoms with van der Waals surface area (Å²) in [6.45, 7) is 11.6. The smallest absolute Gasteiger partial charge is 0.243 e. The topological polar surface area (TPSA) is 86.8 Å². The van der Waals surface area contributed by atoms with E-state index in [1.807, 2.05) is 59.7 Å². The van der Waals surface area contributed by atoms with Gasteiger partial charge in [-0.05, 0) is 88.4 Å². The van der Waals surface area contributed by atoms with Crippen LogP contribution in [0.5, 0.6) is 0 Å². The van der Waals surface area contributed by atoms with Gasteiger partial charge in [0.25, 0.3) is 0 Å². The molecule has 0 aromatic heterocycles. The highest BCUT2D eigenvalue weighted by atomic mass is 35.5. The average Bonchev–Trinajstić information content (AvgIpc) is 2.76. The predicted octanol–water partition coefficient (Wildman–Crippen LogP) is 5.88. The number of amides is 2. The van der Waals surface area contributed by atoms with E-state index in [1.54, 1.807) is 23.1 Å². The Morgan fingerprint density at radius 1 is 1.00 bits per heavy atom. The summed E-state index contributed by atoms with van der Waals surface area (Å²) in [4.78, 5) is 28.3. The molecule has 210 valence electrons. The summed E-state index contributed by atoms with van der Waals surface area (Å²) in [5.41, 5.74) is 2.75. The van der Waals surface area contributed by atoms with Crippen molar-refractivity contribution in [3.63, 3.8) is 0 Å². The van der Waals surface area contributed by atoms with Gasteiger partial charge in [-0.15, -0.1) is 0 Å². The van der Waals surface area contributed by atoms with Crippen LogP contribution in [0.3, 0.4) is 0 Å². The molecule has 2 amide bonds. The third kappa shape index (κ3) is 9.47. The first kappa shape index (κ1) is 31.9. The number of aryl methyl sites for hydroxylation is 2. The number of carbonyl (C=O) groups is 2.